The van der Waals surface area contributed by atoms with E-state index in [1.165, 1.54) is 11.8 Å². The minimum Gasteiger partial charge on any atom is -0.468 e. The van der Waals surface area contributed by atoms with Crippen molar-refractivity contribution in [3.05, 3.63) is 46.1 Å². The molecule has 0 atom stereocenters. The average molecular weight is 376 g/mol. The number of nitrogens with zero attached hydrogens (tertiary/aromatic N) is 3. The van der Waals surface area contributed by atoms with E-state index in [1.807, 2.05) is 0 Å². The Morgan fingerprint density at radius 3 is 2.61 bits per heavy atom. The van der Waals surface area contributed by atoms with Gasteiger partial charge in [0.15, 0.2) is 15.6 Å². The highest BCUT2D eigenvalue weighted by molar-refractivity contribution is 8.00. The van der Waals surface area contributed by atoms with Crippen LogP contribution in [0.25, 0.3) is 5.69 Å². The van der Waals surface area contributed by atoms with Gasteiger partial charge in [-0.05, 0) is 12.1 Å². The molecule has 10 heteroatoms. The number of nitro groups is 1. The van der Waals surface area contributed by atoms with Gasteiger partial charge in [0, 0.05) is 0 Å². The Morgan fingerprint density at radius 1 is 1.43 bits per heavy atom. The Bertz CT molecular complexity index is 722. The summed E-state index contributed by atoms with van der Waals surface area (Å²) < 4.78 is 5.83. The van der Waals surface area contributed by atoms with E-state index in [0.717, 1.165) is 11.8 Å². The van der Waals surface area contributed by atoms with Crippen molar-refractivity contribution in [2.75, 3.05) is 12.9 Å². The summed E-state index contributed by atoms with van der Waals surface area (Å²) in [6, 6.07) is 8.74. The van der Waals surface area contributed by atoms with E-state index in [-0.39, 0.29) is 22.2 Å². The molecule has 122 valence electrons. The van der Waals surface area contributed by atoms with Gasteiger partial charge in [0.05, 0.1) is 23.5 Å². The first-order valence-corrected chi connectivity index (χ1v) is 8.12. The van der Waals surface area contributed by atoms with Crippen LogP contribution in [0.1, 0.15) is 10.5 Å². The molecule has 1 aromatic carbocycles. The van der Waals surface area contributed by atoms with Gasteiger partial charge < -0.3 is 4.74 Å². The summed E-state index contributed by atoms with van der Waals surface area (Å²) in [7, 11) is 1.23. The lowest BCUT2D eigenvalue weighted by Crippen LogP contribution is -2.03. The molecule has 0 bridgehead atoms. The lowest BCUT2D eigenvalue weighted by atomic mass is 10.3. The van der Waals surface area contributed by atoms with Crippen molar-refractivity contribution in [3.8, 4) is 5.69 Å². The third-order valence-corrected chi connectivity index (χ3v) is 4.15. The fourth-order valence-corrected chi connectivity index (χ4v) is 3.04. The molecule has 0 spiro atoms. The number of rotatable bonds is 6. The van der Waals surface area contributed by atoms with E-state index in [4.69, 9.17) is 23.2 Å². The van der Waals surface area contributed by atoms with Gasteiger partial charge in [-0.25, -0.2) is 4.68 Å². The van der Waals surface area contributed by atoms with Crippen LogP contribution in [-0.2, 0) is 9.53 Å². The number of benzene rings is 1. The number of hydrogen-bond donors (Lipinski definition) is 0. The van der Waals surface area contributed by atoms with Gasteiger partial charge in [-0.2, -0.15) is 5.10 Å². The quantitative estimate of drug-likeness (QED) is 0.252. The zero-order chi connectivity index (χ0) is 17.0. The van der Waals surface area contributed by atoms with Crippen LogP contribution in [0.3, 0.4) is 0 Å². The van der Waals surface area contributed by atoms with Crippen LogP contribution in [0.15, 0.2) is 35.4 Å². The summed E-state index contributed by atoms with van der Waals surface area (Å²) in [4.78, 5) is 20.9. The third-order valence-electron chi connectivity index (χ3n) is 2.81. The number of aromatic nitrogens is 2. The topological polar surface area (TPSA) is 87.3 Å². The number of halogens is 2. The summed E-state index contributed by atoms with van der Waals surface area (Å²) in [5.41, 5.74) is 0.288. The van der Waals surface area contributed by atoms with Crippen LogP contribution < -0.4 is 0 Å². The summed E-state index contributed by atoms with van der Waals surface area (Å²) in [5.74, 6) is -0.633. The highest BCUT2D eigenvalue weighted by Crippen LogP contribution is 2.40. The van der Waals surface area contributed by atoms with Crippen LogP contribution in [0.2, 0.25) is 0 Å². The van der Waals surface area contributed by atoms with E-state index in [1.54, 1.807) is 30.3 Å². The number of ether oxygens (including phenoxy) is 1. The molecule has 23 heavy (non-hydrogen) atoms. The molecule has 0 radical (unpaired) electrons. The van der Waals surface area contributed by atoms with E-state index in [2.05, 4.69) is 9.84 Å². The Kier molecular flexibility index (Phi) is 5.86. The van der Waals surface area contributed by atoms with E-state index in [9.17, 15) is 14.9 Å². The van der Waals surface area contributed by atoms with Crippen LogP contribution >= 0.6 is 35.0 Å². The van der Waals surface area contributed by atoms with Gasteiger partial charge >= 0.3 is 11.7 Å². The van der Waals surface area contributed by atoms with Gasteiger partial charge in [0.1, 0.15) is 0 Å². The van der Waals surface area contributed by atoms with Crippen LogP contribution in [0, 0.1) is 10.1 Å². The second-order valence-corrected chi connectivity index (χ2v) is 6.27. The third kappa shape index (κ3) is 3.95. The SMILES string of the molecule is COC(=O)CSc1nn(-c2ccccc2)c(C(Cl)Cl)c1[N+](=O)[O-]. The van der Waals surface area contributed by atoms with Crippen molar-refractivity contribution in [2.45, 2.75) is 9.86 Å². The summed E-state index contributed by atoms with van der Waals surface area (Å²) in [6.45, 7) is 0. The molecular weight excluding hydrogens is 365 g/mol. The molecule has 0 aliphatic heterocycles. The second kappa shape index (κ2) is 7.67. The van der Waals surface area contributed by atoms with Crippen LogP contribution in [-0.4, -0.2) is 33.5 Å². The normalized spacial score (nSPS) is 10.8. The maximum absolute atomic E-state index is 11.4. The first kappa shape index (κ1) is 17.6. The number of carbonyl (C=O) groups is 1. The van der Waals surface area contributed by atoms with Crippen molar-refractivity contribution in [1.82, 2.24) is 9.78 Å². The predicted octanol–water partition coefficient (Wildman–Crippen LogP) is 3.52. The monoisotopic (exact) mass is 375 g/mol. The largest absolute Gasteiger partial charge is 0.468 e. The minimum atomic E-state index is -1.16. The number of alkyl halides is 2. The van der Waals surface area contributed by atoms with E-state index in [0.29, 0.717) is 5.69 Å². The van der Waals surface area contributed by atoms with Gasteiger partial charge in [-0.3, -0.25) is 14.9 Å². The van der Waals surface area contributed by atoms with Crippen molar-refractivity contribution < 1.29 is 14.5 Å². The number of esters is 1. The van der Waals surface area contributed by atoms with E-state index >= 15 is 0 Å². The van der Waals surface area contributed by atoms with Gasteiger partial charge in [0.2, 0.25) is 0 Å². The Labute approximate surface area is 145 Å². The van der Waals surface area contributed by atoms with Crippen LogP contribution in [0.5, 0.6) is 0 Å². The zero-order valence-corrected chi connectivity index (χ0v) is 14.1. The summed E-state index contributed by atoms with van der Waals surface area (Å²) >= 11 is 12.7. The predicted molar refractivity (Wildman–Crippen MR) is 87.4 cm³/mol. The number of para-hydroxylation sites is 1. The van der Waals surface area contributed by atoms with Crippen LogP contribution in [0.4, 0.5) is 5.69 Å². The maximum Gasteiger partial charge on any atom is 0.327 e. The molecule has 0 fully saturated rings. The smallest absolute Gasteiger partial charge is 0.327 e. The lowest BCUT2D eigenvalue weighted by Gasteiger charge is -2.06. The zero-order valence-electron chi connectivity index (χ0n) is 11.8. The Balaban J connectivity index is 2.54. The Hall–Kier alpha value is -1.77. The first-order valence-electron chi connectivity index (χ1n) is 6.26. The highest BCUT2D eigenvalue weighted by atomic mass is 35.5. The molecule has 0 aliphatic carbocycles. The average Bonchev–Trinajstić information content (AvgIpc) is 2.93. The molecule has 0 N–H and O–H groups in total. The molecule has 0 aliphatic rings. The number of methoxy groups -OCH3 is 1. The molecular formula is C13H11Cl2N3O4S. The standard InChI is InChI=1S/C13H11Cl2N3O4S/c1-22-9(19)7-23-13-11(18(20)21)10(12(14)15)17(16-13)8-5-3-2-4-6-8/h2-6,12H,7H2,1H3. The van der Waals surface area contributed by atoms with Crippen molar-refractivity contribution in [3.63, 3.8) is 0 Å². The molecule has 1 heterocycles. The van der Waals surface area contributed by atoms with Gasteiger partial charge in [-0.1, -0.05) is 53.2 Å². The fourth-order valence-electron chi connectivity index (χ4n) is 1.82. The molecule has 0 unspecified atom stereocenters. The number of carbonyl (C=O) groups excluding carboxylic acids is 1. The summed E-state index contributed by atoms with van der Waals surface area (Å²) in [5, 5.41) is 15.6. The second-order valence-electron chi connectivity index (χ2n) is 4.21. The number of thioether (sulfide) groups is 1. The number of hydrogen-bond acceptors (Lipinski definition) is 6. The first-order chi connectivity index (χ1) is 11.0. The molecule has 7 nitrogen and oxygen atoms in total. The lowest BCUT2D eigenvalue weighted by molar-refractivity contribution is -0.388. The molecule has 2 rings (SSSR count). The molecule has 2 aromatic rings. The molecule has 1 aromatic heterocycles. The van der Waals surface area contributed by atoms with Crippen molar-refractivity contribution in [1.29, 1.82) is 0 Å². The Morgan fingerprint density at radius 2 is 2.09 bits per heavy atom. The molecule has 0 amide bonds. The minimum absolute atomic E-state index is 0.0388. The van der Waals surface area contributed by atoms with Gasteiger partial charge in [-0.15, -0.1) is 0 Å². The fraction of sp³-hybridized carbons (Fsp3) is 0.231. The van der Waals surface area contributed by atoms with E-state index < -0.39 is 15.7 Å². The highest BCUT2D eigenvalue weighted by Gasteiger charge is 2.32. The summed E-state index contributed by atoms with van der Waals surface area (Å²) in [6.07, 6.45) is 0. The maximum atomic E-state index is 11.4. The van der Waals surface area contributed by atoms with Gasteiger partial charge in [0.25, 0.3) is 0 Å². The molecule has 0 saturated heterocycles. The molecule has 0 saturated carbocycles. The van der Waals surface area contributed by atoms with Crippen molar-refractivity contribution in [2.24, 2.45) is 0 Å². The van der Waals surface area contributed by atoms with Crippen molar-refractivity contribution >= 4 is 46.6 Å².